The van der Waals surface area contributed by atoms with E-state index in [1.54, 1.807) is 26.0 Å². The highest BCUT2D eigenvalue weighted by Gasteiger charge is 2.19. The zero-order chi connectivity index (χ0) is 15.5. The first-order valence-corrected chi connectivity index (χ1v) is 8.20. The fourth-order valence-electron chi connectivity index (χ4n) is 2.09. The number of nitrogens with two attached hydrogens (primary N) is 1. The van der Waals surface area contributed by atoms with Gasteiger partial charge in [0.1, 0.15) is 0 Å². The van der Waals surface area contributed by atoms with E-state index < -0.39 is 10.0 Å². The second-order valence-electron chi connectivity index (χ2n) is 5.46. The molecule has 0 heterocycles. The van der Waals surface area contributed by atoms with Crippen molar-refractivity contribution in [3.63, 3.8) is 0 Å². The van der Waals surface area contributed by atoms with E-state index in [4.69, 9.17) is 5.73 Å². The molecule has 6 heteroatoms. The molecule has 0 aliphatic carbocycles. The summed E-state index contributed by atoms with van der Waals surface area (Å²) in [4.78, 5) is 2.42. The molecule has 0 aliphatic heterocycles. The summed E-state index contributed by atoms with van der Waals surface area (Å²) in [5, 5.41) is 0. The zero-order valence-electron chi connectivity index (χ0n) is 12.9. The molecule has 20 heavy (non-hydrogen) atoms. The lowest BCUT2D eigenvalue weighted by Gasteiger charge is -2.21. The van der Waals surface area contributed by atoms with Crippen LogP contribution in [0.3, 0.4) is 0 Å². The Morgan fingerprint density at radius 1 is 1.25 bits per heavy atom. The molecule has 3 N–H and O–H groups in total. The average molecular weight is 299 g/mol. The molecule has 1 aromatic rings. The third-order valence-electron chi connectivity index (χ3n) is 3.39. The summed E-state index contributed by atoms with van der Waals surface area (Å²) in [7, 11) is -1.52. The van der Waals surface area contributed by atoms with Gasteiger partial charge in [0.15, 0.2) is 0 Å². The van der Waals surface area contributed by atoms with Gasteiger partial charge in [-0.1, -0.05) is 0 Å². The van der Waals surface area contributed by atoms with Crippen molar-refractivity contribution in [3.05, 3.63) is 23.3 Å². The first-order valence-electron chi connectivity index (χ1n) is 6.71. The lowest BCUT2D eigenvalue weighted by Crippen LogP contribution is -2.36. The third kappa shape index (κ3) is 4.19. The van der Waals surface area contributed by atoms with Gasteiger partial charge in [-0.25, -0.2) is 13.1 Å². The molecule has 5 nitrogen and oxygen atoms in total. The number of nitrogens with one attached hydrogen (secondary N) is 1. The van der Waals surface area contributed by atoms with Crippen molar-refractivity contribution in [2.45, 2.75) is 38.6 Å². The number of rotatable bonds is 6. The Balaban J connectivity index is 2.85. The molecule has 0 radical (unpaired) electrons. The van der Waals surface area contributed by atoms with E-state index in [0.29, 0.717) is 40.8 Å². The fourth-order valence-corrected chi connectivity index (χ4v) is 3.56. The second-order valence-corrected chi connectivity index (χ2v) is 7.16. The first-order chi connectivity index (χ1) is 9.15. The fraction of sp³-hybridized carbons (Fsp3) is 0.571. The number of hydrogen-bond donors (Lipinski definition) is 2. The maximum Gasteiger partial charge on any atom is 0.241 e. The molecule has 1 rings (SSSR count). The number of likely N-dealkylation sites (N-methyl/N-ethyl adjacent to an activating group) is 1. The Morgan fingerprint density at radius 2 is 1.75 bits per heavy atom. The molecule has 0 amide bonds. The first kappa shape index (κ1) is 16.9. The van der Waals surface area contributed by atoms with Crippen LogP contribution in [0.25, 0.3) is 0 Å². The van der Waals surface area contributed by atoms with Gasteiger partial charge in [0.25, 0.3) is 0 Å². The van der Waals surface area contributed by atoms with Crippen molar-refractivity contribution < 1.29 is 8.42 Å². The third-order valence-corrected chi connectivity index (χ3v) is 5.16. The number of anilines is 1. The van der Waals surface area contributed by atoms with Gasteiger partial charge in [0.05, 0.1) is 4.90 Å². The van der Waals surface area contributed by atoms with Crippen molar-refractivity contribution in [1.82, 2.24) is 9.62 Å². The van der Waals surface area contributed by atoms with Crippen LogP contribution in [-0.4, -0.2) is 39.5 Å². The molecule has 0 saturated carbocycles. The molecule has 1 aromatic carbocycles. The van der Waals surface area contributed by atoms with E-state index in [1.165, 1.54) is 0 Å². The monoisotopic (exact) mass is 299 g/mol. The van der Waals surface area contributed by atoms with Gasteiger partial charge < -0.3 is 10.6 Å². The van der Waals surface area contributed by atoms with E-state index in [9.17, 15) is 8.42 Å². The summed E-state index contributed by atoms with van der Waals surface area (Å²) in [5.74, 6) is 0. The van der Waals surface area contributed by atoms with Gasteiger partial charge in [-0.05, 0) is 58.0 Å². The molecule has 0 saturated heterocycles. The van der Waals surface area contributed by atoms with Crippen LogP contribution in [0.1, 0.15) is 25.0 Å². The minimum absolute atomic E-state index is 0.332. The average Bonchev–Trinajstić information content (AvgIpc) is 2.26. The zero-order valence-corrected chi connectivity index (χ0v) is 13.7. The number of benzene rings is 1. The van der Waals surface area contributed by atoms with E-state index in [2.05, 4.69) is 23.5 Å². The van der Waals surface area contributed by atoms with Gasteiger partial charge >= 0.3 is 0 Å². The molecular weight excluding hydrogens is 274 g/mol. The van der Waals surface area contributed by atoms with Gasteiger partial charge in [-0.15, -0.1) is 0 Å². The predicted molar refractivity (Wildman–Crippen MR) is 83.3 cm³/mol. The Labute approximate surface area is 122 Å². The Kier molecular flexibility index (Phi) is 5.56. The summed E-state index contributed by atoms with van der Waals surface area (Å²) in [6.07, 6.45) is 0. The van der Waals surface area contributed by atoms with Gasteiger partial charge in [0, 0.05) is 24.8 Å². The number of nitrogens with zero attached hydrogens (tertiary/aromatic N) is 1. The van der Waals surface area contributed by atoms with E-state index in [0.717, 1.165) is 0 Å². The maximum atomic E-state index is 12.4. The second kappa shape index (κ2) is 6.56. The van der Waals surface area contributed by atoms with Crippen LogP contribution in [-0.2, 0) is 10.0 Å². The Morgan fingerprint density at radius 3 is 2.20 bits per heavy atom. The van der Waals surface area contributed by atoms with Crippen LogP contribution < -0.4 is 10.5 Å². The predicted octanol–water partition coefficient (Wildman–Crippen LogP) is 1.50. The molecule has 0 atom stereocenters. The highest BCUT2D eigenvalue weighted by molar-refractivity contribution is 7.89. The molecule has 0 spiro atoms. The standard InChI is InChI=1S/C14H25N3O2S/c1-10(2)17(5)7-6-16-20(18,19)14-11(3)8-13(15)9-12(14)4/h8-10,16H,6-7,15H2,1-5H3. The smallest absolute Gasteiger partial charge is 0.241 e. The van der Waals surface area contributed by atoms with Crippen molar-refractivity contribution in [2.24, 2.45) is 0 Å². The topological polar surface area (TPSA) is 75.4 Å². The quantitative estimate of drug-likeness (QED) is 0.781. The van der Waals surface area contributed by atoms with Crippen LogP contribution in [0.15, 0.2) is 17.0 Å². The molecular formula is C14H25N3O2S. The lowest BCUT2D eigenvalue weighted by atomic mass is 10.1. The van der Waals surface area contributed by atoms with Crippen LogP contribution in [0.5, 0.6) is 0 Å². The minimum Gasteiger partial charge on any atom is -0.399 e. The molecule has 0 fully saturated rings. The lowest BCUT2D eigenvalue weighted by molar-refractivity contribution is 0.278. The van der Waals surface area contributed by atoms with E-state index in [1.807, 2.05) is 7.05 Å². The molecule has 114 valence electrons. The summed E-state index contributed by atoms with van der Waals surface area (Å²) in [6.45, 7) is 8.73. The summed E-state index contributed by atoms with van der Waals surface area (Å²) < 4.78 is 27.4. The number of aryl methyl sites for hydroxylation is 2. The normalized spacial score (nSPS) is 12.3. The van der Waals surface area contributed by atoms with E-state index in [-0.39, 0.29) is 0 Å². The van der Waals surface area contributed by atoms with Crippen LogP contribution in [0, 0.1) is 13.8 Å². The van der Waals surface area contributed by atoms with Crippen molar-refractivity contribution in [2.75, 3.05) is 25.9 Å². The highest BCUT2D eigenvalue weighted by Crippen LogP contribution is 2.22. The van der Waals surface area contributed by atoms with Gasteiger partial charge in [-0.2, -0.15) is 0 Å². The van der Waals surface area contributed by atoms with Crippen molar-refractivity contribution in [3.8, 4) is 0 Å². The SMILES string of the molecule is Cc1cc(N)cc(C)c1S(=O)(=O)NCCN(C)C(C)C. The molecule has 0 bridgehead atoms. The summed E-state index contributed by atoms with van der Waals surface area (Å²) >= 11 is 0. The summed E-state index contributed by atoms with van der Waals surface area (Å²) in [6, 6.07) is 3.75. The highest BCUT2D eigenvalue weighted by atomic mass is 32.2. The van der Waals surface area contributed by atoms with Crippen LogP contribution in [0.4, 0.5) is 5.69 Å². The van der Waals surface area contributed by atoms with Crippen molar-refractivity contribution >= 4 is 15.7 Å². The van der Waals surface area contributed by atoms with Crippen LogP contribution in [0.2, 0.25) is 0 Å². The van der Waals surface area contributed by atoms with Gasteiger partial charge in [0.2, 0.25) is 10.0 Å². The molecule has 0 aliphatic rings. The molecule has 0 aromatic heterocycles. The number of hydrogen-bond acceptors (Lipinski definition) is 4. The van der Waals surface area contributed by atoms with Gasteiger partial charge in [-0.3, -0.25) is 0 Å². The maximum absolute atomic E-state index is 12.4. The Hall–Kier alpha value is -1.11. The van der Waals surface area contributed by atoms with Crippen LogP contribution >= 0.6 is 0 Å². The number of nitrogen functional groups attached to an aromatic ring is 1. The minimum atomic E-state index is -3.49. The Bertz CT molecular complexity index is 545. The summed E-state index contributed by atoms with van der Waals surface area (Å²) in [5.41, 5.74) is 7.65. The number of sulfonamides is 1. The van der Waals surface area contributed by atoms with E-state index >= 15 is 0 Å². The largest absolute Gasteiger partial charge is 0.399 e. The molecule has 0 unspecified atom stereocenters. The van der Waals surface area contributed by atoms with Crippen molar-refractivity contribution in [1.29, 1.82) is 0 Å².